The zero-order valence-corrected chi connectivity index (χ0v) is 8.53. The van der Waals surface area contributed by atoms with Crippen LogP contribution in [-0.2, 0) is 4.74 Å². The van der Waals surface area contributed by atoms with Gasteiger partial charge in [0, 0.05) is 7.11 Å². The first kappa shape index (κ1) is 11.1. The summed E-state index contributed by atoms with van der Waals surface area (Å²) in [5, 5.41) is 0. The highest BCUT2D eigenvalue weighted by Gasteiger charge is 2.16. The fourth-order valence-corrected chi connectivity index (χ4v) is 1.47. The Morgan fingerprint density at radius 2 is 1.93 bits per heavy atom. The van der Waals surface area contributed by atoms with Gasteiger partial charge in [-0.2, -0.15) is 0 Å². The van der Waals surface area contributed by atoms with Gasteiger partial charge in [0.15, 0.2) is 0 Å². The molecule has 78 valence electrons. The second-order valence-electron chi connectivity index (χ2n) is 3.26. The fourth-order valence-electron chi connectivity index (χ4n) is 1.47. The summed E-state index contributed by atoms with van der Waals surface area (Å²) in [4.78, 5) is 0. The van der Waals surface area contributed by atoms with Crippen LogP contribution in [0.1, 0.15) is 24.9 Å². The van der Waals surface area contributed by atoms with E-state index in [2.05, 4.69) is 0 Å². The second-order valence-corrected chi connectivity index (χ2v) is 3.26. The number of hydrogen-bond donors (Lipinski definition) is 1. The molecule has 0 amide bonds. The summed E-state index contributed by atoms with van der Waals surface area (Å²) in [6.07, 6.45) is 0.829. The lowest BCUT2D eigenvalue weighted by atomic mass is 10.0. The van der Waals surface area contributed by atoms with E-state index in [1.165, 1.54) is 12.1 Å². The number of ether oxygens (including phenoxy) is 1. The predicted molar refractivity (Wildman–Crippen MR) is 54.4 cm³/mol. The van der Waals surface area contributed by atoms with Gasteiger partial charge in [0.05, 0.1) is 12.1 Å². The van der Waals surface area contributed by atoms with E-state index < -0.39 is 0 Å². The molecule has 2 N–H and O–H groups in total. The SMILES string of the molecule is CCC(OC)C(N)c1ccc(F)cc1. The first-order valence-electron chi connectivity index (χ1n) is 4.72. The van der Waals surface area contributed by atoms with Crippen molar-refractivity contribution < 1.29 is 9.13 Å². The van der Waals surface area contributed by atoms with Crippen molar-refractivity contribution in [3.63, 3.8) is 0 Å². The number of hydrogen-bond acceptors (Lipinski definition) is 2. The Morgan fingerprint density at radius 1 is 1.36 bits per heavy atom. The minimum absolute atomic E-state index is 0.0135. The number of rotatable bonds is 4. The molecule has 1 aromatic carbocycles. The first-order valence-corrected chi connectivity index (χ1v) is 4.72. The zero-order valence-electron chi connectivity index (χ0n) is 8.53. The van der Waals surface area contributed by atoms with Gasteiger partial charge in [-0.25, -0.2) is 4.39 Å². The third-order valence-corrected chi connectivity index (χ3v) is 2.36. The lowest BCUT2D eigenvalue weighted by Crippen LogP contribution is -2.27. The molecule has 0 bridgehead atoms. The van der Waals surface area contributed by atoms with E-state index in [0.29, 0.717) is 0 Å². The normalized spacial score (nSPS) is 15.1. The fraction of sp³-hybridized carbons (Fsp3) is 0.455. The van der Waals surface area contributed by atoms with E-state index >= 15 is 0 Å². The molecule has 0 fully saturated rings. The molecule has 14 heavy (non-hydrogen) atoms. The van der Waals surface area contributed by atoms with Gasteiger partial charge in [0.1, 0.15) is 5.82 Å². The molecule has 3 heteroatoms. The highest BCUT2D eigenvalue weighted by Crippen LogP contribution is 2.18. The maximum atomic E-state index is 12.6. The van der Waals surface area contributed by atoms with Crippen LogP contribution in [0.25, 0.3) is 0 Å². The summed E-state index contributed by atoms with van der Waals surface area (Å²) in [5.74, 6) is -0.244. The Bertz CT molecular complexity index is 269. The molecule has 0 aliphatic carbocycles. The smallest absolute Gasteiger partial charge is 0.123 e. The van der Waals surface area contributed by atoms with Gasteiger partial charge in [0.25, 0.3) is 0 Å². The molecule has 0 aliphatic heterocycles. The average molecular weight is 197 g/mol. The molecule has 0 radical (unpaired) electrons. The van der Waals surface area contributed by atoms with Crippen LogP contribution in [0.4, 0.5) is 4.39 Å². The molecule has 0 aliphatic rings. The Labute approximate surface area is 83.9 Å². The molecule has 0 spiro atoms. The second kappa shape index (κ2) is 5.08. The third kappa shape index (κ3) is 2.53. The van der Waals surface area contributed by atoms with Crippen molar-refractivity contribution in [1.82, 2.24) is 0 Å². The van der Waals surface area contributed by atoms with Crippen LogP contribution in [-0.4, -0.2) is 13.2 Å². The van der Waals surface area contributed by atoms with Crippen LogP contribution in [0, 0.1) is 5.82 Å². The first-order chi connectivity index (χ1) is 6.69. The van der Waals surface area contributed by atoms with Crippen LogP contribution in [0.3, 0.4) is 0 Å². The molecule has 0 heterocycles. The van der Waals surface area contributed by atoms with Gasteiger partial charge in [-0.1, -0.05) is 19.1 Å². The van der Waals surface area contributed by atoms with Crippen LogP contribution in [0.15, 0.2) is 24.3 Å². The zero-order chi connectivity index (χ0) is 10.6. The number of methoxy groups -OCH3 is 1. The van der Waals surface area contributed by atoms with E-state index in [-0.39, 0.29) is 18.0 Å². The van der Waals surface area contributed by atoms with Gasteiger partial charge in [0.2, 0.25) is 0 Å². The van der Waals surface area contributed by atoms with Crippen LogP contribution in [0.2, 0.25) is 0 Å². The molecule has 2 nitrogen and oxygen atoms in total. The number of benzene rings is 1. The van der Waals surface area contributed by atoms with Crippen molar-refractivity contribution >= 4 is 0 Å². The number of nitrogens with two attached hydrogens (primary N) is 1. The highest BCUT2D eigenvalue weighted by atomic mass is 19.1. The van der Waals surface area contributed by atoms with Gasteiger partial charge in [-0.3, -0.25) is 0 Å². The maximum Gasteiger partial charge on any atom is 0.123 e. The lowest BCUT2D eigenvalue weighted by Gasteiger charge is -2.21. The molecule has 0 aromatic heterocycles. The predicted octanol–water partition coefficient (Wildman–Crippen LogP) is 2.25. The summed E-state index contributed by atoms with van der Waals surface area (Å²) in [6, 6.07) is 6.03. The van der Waals surface area contributed by atoms with Crippen molar-refractivity contribution in [1.29, 1.82) is 0 Å². The van der Waals surface area contributed by atoms with Crippen molar-refractivity contribution in [2.45, 2.75) is 25.5 Å². The minimum Gasteiger partial charge on any atom is -0.379 e. The van der Waals surface area contributed by atoms with Crippen LogP contribution >= 0.6 is 0 Å². The number of halogens is 1. The topological polar surface area (TPSA) is 35.2 Å². The third-order valence-electron chi connectivity index (χ3n) is 2.36. The maximum absolute atomic E-state index is 12.6. The summed E-state index contributed by atoms with van der Waals surface area (Å²) in [5.41, 5.74) is 6.87. The summed E-state index contributed by atoms with van der Waals surface area (Å²) < 4.78 is 17.9. The Hall–Kier alpha value is -0.930. The van der Waals surface area contributed by atoms with Crippen LogP contribution in [0.5, 0.6) is 0 Å². The monoisotopic (exact) mass is 197 g/mol. The molecule has 1 rings (SSSR count). The Kier molecular flexibility index (Phi) is 4.04. The van der Waals surface area contributed by atoms with E-state index in [1.807, 2.05) is 6.92 Å². The molecule has 2 atom stereocenters. The van der Waals surface area contributed by atoms with Gasteiger partial charge in [-0.05, 0) is 24.1 Å². The minimum atomic E-state index is -0.244. The molecule has 0 saturated heterocycles. The van der Waals surface area contributed by atoms with Crippen molar-refractivity contribution in [3.05, 3.63) is 35.6 Å². The molecule has 0 saturated carbocycles. The Balaban J connectivity index is 2.77. The molecular formula is C11H16FNO. The molecule has 1 aromatic rings. The van der Waals surface area contributed by atoms with Crippen molar-refractivity contribution in [2.24, 2.45) is 5.73 Å². The average Bonchev–Trinajstić information content (AvgIpc) is 2.20. The largest absolute Gasteiger partial charge is 0.379 e. The van der Waals surface area contributed by atoms with Gasteiger partial charge >= 0.3 is 0 Å². The molecular weight excluding hydrogens is 181 g/mol. The summed E-state index contributed by atoms with van der Waals surface area (Å²) in [7, 11) is 1.64. The van der Waals surface area contributed by atoms with Gasteiger partial charge < -0.3 is 10.5 Å². The molecule has 2 unspecified atom stereocenters. The highest BCUT2D eigenvalue weighted by molar-refractivity contribution is 5.20. The Morgan fingerprint density at radius 3 is 2.36 bits per heavy atom. The van der Waals surface area contributed by atoms with E-state index in [4.69, 9.17) is 10.5 Å². The van der Waals surface area contributed by atoms with E-state index in [9.17, 15) is 4.39 Å². The lowest BCUT2D eigenvalue weighted by molar-refractivity contribution is 0.0772. The quantitative estimate of drug-likeness (QED) is 0.803. The summed E-state index contributed by atoms with van der Waals surface area (Å²) in [6.45, 7) is 2.01. The van der Waals surface area contributed by atoms with E-state index in [1.54, 1.807) is 19.2 Å². The van der Waals surface area contributed by atoms with Crippen molar-refractivity contribution in [3.8, 4) is 0 Å². The standard InChI is InChI=1S/C11H16FNO/c1-3-10(14-2)11(13)8-4-6-9(12)7-5-8/h4-7,10-11H,3,13H2,1-2H3. The van der Waals surface area contributed by atoms with Crippen molar-refractivity contribution in [2.75, 3.05) is 7.11 Å². The summed E-state index contributed by atoms with van der Waals surface area (Å²) >= 11 is 0. The van der Waals surface area contributed by atoms with E-state index in [0.717, 1.165) is 12.0 Å². The van der Waals surface area contributed by atoms with Crippen LogP contribution < -0.4 is 5.73 Å². The van der Waals surface area contributed by atoms with Gasteiger partial charge in [-0.15, -0.1) is 0 Å².